The Morgan fingerprint density at radius 1 is 0.852 bits per heavy atom. The Kier molecular flexibility index (Phi) is 7.75. The minimum atomic E-state index is -4.26. The van der Waals surface area contributed by atoms with Crippen LogP contribution in [-0.4, -0.2) is 28.7 Å². The summed E-state index contributed by atoms with van der Waals surface area (Å²) in [5, 5.41) is 0. The quantitative estimate of drug-likeness (QED) is 0.477. The van der Waals surface area contributed by atoms with Gasteiger partial charge in [-0.3, -0.25) is 18.6 Å². The van der Waals surface area contributed by atoms with Crippen LogP contribution in [0.3, 0.4) is 0 Å². The number of Topliss-reactive ketones (excluding diaryl/α,β-unsaturated/α-hetero) is 2. The third kappa shape index (κ3) is 6.49. The van der Waals surface area contributed by atoms with Crippen molar-refractivity contribution in [2.45, 2.75) is 77.4 Å². The van der Waals surface area contributed by atoms with Crippen molar-refractivity contribution in [2.24, 2.45) is 11.8 Å². The van der Waals surface area contributed by atoms with Gasteiger partial charge in [0.25, 0.3) is 0 Å². The smallest absolute Gasteiger partial charge is 0.302 e. The van der Waals surface area contributed by atoms with E-state index in [1.807, 2.05) is 0 Å². The molecule has 2 fully saturated rings. The molecule has 4 atom stereocenters. The highest BCUT2D eigenvalue weighted by atomic mass is 31.2. The van der Waals surface area contributed by atoms with Crippen LogP contribution in [0.4, 0.5) is 0 Å². The third-order valence-electron chi connectivity index (χ3n) is 5.40. The Morgan fingerprint density at radius 2 is 1.22 bits per heavy atom. The Labute approximate surface area is 161 Å². The Balaban J connectivity index is 1.91. The molecule has 1 N–H and O–H groups in total. The van der Waals surface area contributed by atoms with Crippen molar-refractivity contribution in [3.63, 3.8) is 0 Å². The molecule has 0 heterocycles. The third-order valence-corrected chi connectivity index (χ3v) is 6.53. The molecule has 2 rings (SSSR count). The highest BCUT2D eigenvalue weighted by molar-refractivity contribution is 7.47. The number of ketones is 2. The lowest BCUT2D eigenvalue weighted by Gasteiger charge is -2.32. The predicted molar refractivity (Wildman–Crippen MR) is 103 cm³/mol. The van der Waals surface area contributed by atoms with Gasteiger partial charge < -0.3 is 4.89 Å². The summed E-state index contributed by atoms with van der Waals surface area (Å²) in [5.74, 6) is -0.446. The van der Waals surface area contributed by atoms with Gasteiger partial charge in [0.05, 0.1) is 12.2 Å². The molecule has 152 valence electrons. The molecular formula is C20H31O6P. The van der Waals surface area contributed by atoms with Crippen LogP contribution in [0.1, 0.15) is 65.2 Å². The summed E-state index contributed by atoms with van der Waals surface area (Å²) < 4.78 is 23.3. The van der Waals surface area contributed by atoms with Gasteiger partial charge in [-0.15, -0.1) is 0 Å². The van der Waals surface area contributed by atoms with Crippen LogP contribution in [0.2, 0.25) is 0 Å². The second-order valence-electron chi connectivity index (χ2n) is 7.94. The molecule has 27 heavy (non-hydrogen) atoms. The summed E-state index contributed by atoms with van der Waals surface area (Å²) >= 11 is 0. The van der Waals surface area contributed by atoms with Crippen molar-refractivity contribution in [2.75, 3.05) is 0 Å². The van der Waals surface area contributed by atoms with Crippen LogP contribution < -0.4 is 0 Å². The molecule has 0 aromatic heterocycles. The molecule has 0 radical (unpaired) electrons. The van der Waals surface area contributed by atoms with Gasteiger partial charge in [-0.1, -0.05) is 26.0 Å². The van der Waals surface area contributed by atoms with Gasteiger partial charge in [0.2, 0.25) is 0 Å². The number of phosphoric ester groups is 1. The number of rotatable bonds is 8. The van der Waals surface area contributed by atoms with Crippen molar-refractivity contribution in [1.29, 1.82) is 0 Å². The minimum absolute atomic E-state index is 0.00887. The summed E-state index contributed by atoms with van der Waals surface area (Å²) in [6.45, 7) is 10.7. The molecular weight excluding hydrogens is 367 g/mol. The zero-order valence-electron chi connectivity index (χ0n) is 16.3. The zero-order valence-corrected chi connectivity index (χ0v) is 17.2. The maximum atomic E-state index is 12.5. The monoisotopic (exact) mass is 398 g/mol. The van der Waals surface area contributed by atoms with Crippen LogP contribution in [0.15, 0.2) is 24.3 Å². The van der Waals surface area contributed by atoms with Crippen LogP contribution in [0, 0.1) is 11.8 Å². The first-order valence-corrected chi connectivity index (χ1v) is 11.2. The molecule has 0 aliphatic heterocycles. The SMILES string of the molecule is C=C(C)C(=O)C1CCCC(OP(=O)(O)OC2CCCC(C(=O)C(=C)C)C2)C1. The van der Waals surface area contributed by atoms with Gasteiger partial charge >= 0.3 is 7.82 Å². The van der Waals surface area contributed by atoms with Crippen molar-refractivity contribution < 1.29 is 28.1 Å². The van der Waals surface area contributed by atoms with Gasteiger partial charge in [0.1, 0.15) is 0 Å². The lowest BCUT2D eigenvalue weighted by molar-refractivity contribution is -0.121. The topological polar surface area (TPSA) is 89.9 Å². The second kappa shape index (κ2) is 9.42. The number of hydrogen-bond acceptors (Lipinski definition) is 5. The number of allylic oxidation sites excluding steroid dienone is 2. The summed E-state index contributed by atoms with van der Waals surface area (Å²) in [6, 6.07) is 0. The Morgan fingerprint density at radius 3 is 1.56 bits per heavy atom. The molecule has 4 unspecified atom stereocenters. The average molecular weight is 398 g/mol. The number of carbonyl (C=O) groups is 2. The van der Waals surface area contributed by atoms with E-state index in [0.29, 0.717) is 36.8 Å². The molecule has 7 heteroatoms. The molecule has 2 saturated carbocycles. The molecule has 0 bridgehead atoms. The summed E-state index contributed by atoms with van der Waals surface area (Å²) in [5.41, 5.74) is 0.999. The van der Waals surface area contributed by atoms with E-state index in [0.717, 1.165) is 25.7 Å². The van der Waals surface area contributed by atoms with E-state index in [-0.39, 0.29) is 23.4 Å². The Hall–Kier alpha value is -1.07. The normalized spacial score (nSPS) is 30.9. The molecule has 0 aromatic rings. The first kappa shape index (κ1) is 22.2. The van der Waals surface area contributed by atoms with E-state index < -0.39 is 20.0 Å². The van der Waals surface area contributed by atoms with Crippen molar-refractivity contribution in [3.05, 3.63) is 24.3 Å². The van der Waals surface area contributed by atoms with Gasteiger partial charge in [-0.25, -0.2) is 4.57 Å². The van der Waals surface area contributed by atoms with Gasteiger partial charge in [0, 0.05) is 11.8 Å². The average Bonchev–Trinajstić information content (AvgIpc) is 2.59. The lowest BCUT2D eigenvalue weighted by atomic mass is 9.83. The number of hydrogen-bond donors (Lipinski definition) is 1. The summed E-state index contributed by atoms with van der Waals surface area (Å²) in [7, 11) is -4.26. The molecule has 2 aliphatic rings. The molecule has 0 saturated heterocycles. The fraction of sp³-hybridized carbons (Fsp3) is 0.700. The lowest BCUT2D eigenvalue weighted by Crippen LogP contribution is -2.30. The molecule has 0 amide bonds. The van der Waals surface area contributed by atoms with Crippen LogP contribution >= 0.6 is 7.82 Å². The summed E-state index contributed by atoms with van der Waals surface area (Å²) in [4.78, 5) is 34.4. The second-order valence-corrected chi connectivity index (χ2v) is 9.30. The van der Waals surface area contributed by atoms with E-state index >= 15 is 0 Å². The van der Waals surface area contributed by atoms with E-state index in [4.69, 9.17) is 9.05 Å². The molecule has 0 spiro atoms. The van der Waals surface area contributed by atoms with Crippen molar-refractivity contribution in [3.8, 4) is 0 Å². The standard InChI is InChI=1S/C20H31O6P/c1-13(2)19(21)15-7-5-9-17(11-15)25-27(23,24)26-18-10-6-8-16(12-18)20(22)14(3)4/h15-18H,1,3,5-12H2,2,4H3,(H,23,24). The highest BCUT2D eigenvalue weighted by Gasteiger charge is 2.37. The van der Waals surface area contributed by atoms with E-state index in [1.165, 1.54) is 0 Å². The van der Waals surface area contributed by atoms with E-state index in [9.17, 15) is 19.0 Å². The van der Waals surface area contributed by atoms with E-state index in [1.54, 1.807) is 13.8 Å². The number of phosphoric acid groups is 1. The van der Waals surface area contributed by atoms with Crippen molar-refractivity contribution >= 4 is 19.4 Å². The highest BCUT2D eigenvalue weighted by Crippen LogP contribution is 2.50. The van der Waals surface area contributed by atoms with E-state index in [2.05, 4.69) is 13.2 Å². The predicted octanol–water partition coefficient (Wildman–Crippen LogP) is 4.53. The van der Waals surface area contributed by atoms with Gasteiger partial charge in [-0.05, 0) is 63.5 Å². The van der Waals surface area contributed by atoms with Crippen LogP contribution in [0.25, 0.3) is 0 Å². The van der Waals surface area contributed by atoms with Crippen LogP contribution in [-0.2, 0) is 23.2 Å². The molecule has 6 nitrogen and oxygen atoms in total. The maximum Gasteiger partial charge on any atom is 0.472 e. The first-order valence-electron chi connectivity index (χ1n) is 9.68. The molecule has 2 aliphatic carbocycles. The fourth-order valence-corrected chi connectivity index (χ4v) is 5.24. The molecule has 0 aromatic carbocycles. The Bertz CT molecular complexity index is 603. The fourth-order valence-electron chi connectivity index (χ4n) is 4.06. The van der Waals surface area contributed by atoms with Crippen molar-refractivity contribution in [1.82, 2.24) is 0 Å². The number of carbonyl (C=O) groups excluding carboxylic acids is 2. The van der Waals surface area contributed by atoms with Gasteiger partial charge in [0.15, 0.2) is 11.6 Å². The first-order chi connectivity index (χ1) is 12.6. The zero-order chi connectivity index (χ0) is 20.2. The summed E-state index contributed by atoms with van der Waals surface area (Å²) in [6.07, 6.45) is 4.08. The minimum Gasteiger partial charge on any atom is -0.302 e. The maximum absolute atomic E-state index is 12.5. The largest absolute Gasteiger partial charge is 0.472 e. The van der Waals surface area contributed by atoms with Crippen LogP contribution in [0.5, 0.6) is 0 Å². The van der Waals surface area contributed by atoms with Gasteiger partial charge in [-0.2, -0.15) is 0 Å².